The van der Waals surface area contributed by atoms with Gasteiger partial charge in [0, 0.05) is 18.2 Å². The van der Waals surface area contributed by atoms with Crippen LogP contribution in [0.15, 0.2) is 36.4 Å². The predicted octanol–water partition coefficient (Wildman–Crippen LogP) is 3.40. The van der Waals surface area contributed by atoms with E-state index in [0.29, 0.717) is 36.8 Å². The summed E-state index contributed by atoms with van der Waals surface area (Å²) in [7, 11) is 3.12. The van der Waals surface area contributed by atoms with Gasteiger partial charge in [-0.2, -0.15) is 0 Å². The molecule has 1 atom stereocenters. The largest absolute Gasteiger partial charge is 0.497 e. The third-order valence-electron chi connectivity index (χ3n) is 4.61. The molecule has 0 bridgehead atoms. The van der Waals surface area contributed by atoms with Crippen molar-refractivity contribution in [3.05, 3.63) is 47.5 Å². The molecule has 0 spiro atoms. The van der Waals surface area contributed by atoms with Crippen molar-refractivity contribution in [1.29, 1.82) is 0 Å². The number of ether oxygens (including phenoxy) is 4. The van der Waals surface area contributed by atoms with Crippen LogP contribution in [0.3, 0.4) is 0 Å². The summed E-state index contributed by atoms with van der Waals surface area (Å²) < 4.78 is 21.6. The van der Waals surface area contributed by atoms with E-state index in [2.05, 4.69) is 12.2 Å². The summed E-state index contributed by atoms with van der Waals surface area (Å²) in [6, 6.07) is 11.1. The maximum absolute atomic E-state index is 12.4. The third-order valence-corrected chi connectivity index (χ3v) is 4.61. The monoisotopic (exact) mass is 371 g/mol. The van der Waals surface area contributed by atoms with E-state index in [9.17, 15) is 4.79 Å². The Morgan fingerprint density at radius 1 is 1.04 bits per heavy atom. The first-order valence-electron chi connectivity index (χ1n) is 9.01. The van der Waals surface area contributed by atoms with Crippen LogP contribution in [0.4, 0.5) is 0 Å². The maximum atomic E-state index is 12.4. The molecule has 2 aromatic rings. The Labute approximate surface area is 159 Å². The molecule has 1 unspecified atom stereocenters. The van der Waals surface area contributed by atoms with Gasteiger partial charge >= 0.3 is 0 Å². The fraction of sp³-hybridized carbons (Fsp3) is 0.381. The molecule has 2 aromatic carbocycles. The average molecular weight is 371 g/mol. The summed E-state index contributed by atoms with van der Waals surface area (Å²) in [6.07, 6.45) is 0.812. The first kappa shape index (κ1) is 18.9. The fourth-order valence-electron chi connectivity index (χ4n) is 2.98. The normalized spacial score (nSPS) is 13.6. The molecular weight excluding hydrogens is 346 g/mol. The molecule has 6 heteroatoms. The Morgan fingerprint density at radius 3 is 2.37 bits per heavy atom. The molecule has 0 saturated carbocycles. The van der Waals surface area contributed by atoms with Gasteiger partial charge in [0.05, 0.1) is 14.2 Å². The van der Waals surface area contributed by atoms with Gasteiger partial charge in [-0.15, -0.1) is 0 Å². The molecule has 1 heterocycles. The van der Waals surface area contributed by atoms with Crippen molar-refractivity contribution in [2.75, 3.05) is 34.0 Å². The minimum absolute atomic E-state index is 0.151. The summed E-state index contributed by atoms with van der Waals surface area (Å²) >= 11 is 0. The Bertz CT molecular complexity index is 783. The zero-order valence-electron chi connectivity index (χ0n) is 15.9. The molecule has 0 fully saturated rings. The van der Waals surface area contributed by atoms with Gasteiger partial charge in [-0.1, -0.05) is 13.0 Å². The van der Waals surface area contributed by atoms with Crippen molar-refractivity contribution in [2.45, 2.75) is 19.3 Å². The highest BCUT2D eigenvalue weighted by Gasteiger charge is 2.15. The minimum Gasteiger partial charge on any atom is -0.497 e. The van der Waals surface area contributed by atoms with Crippen molar-refractivity contribution in [3.8, 4) is 23.0 Å². The highest BCUT2D eigenvalue weighted by Crippen LogP contribution is 2.33. The molecule has 1 aliphatic rings. The lowest BCUT2D eigenvalue weighted by Crippen LogP contribution is -2.25. The van der Waals surface area contributed by atoms with Crippen molar-refractivity contribution >= 4 is 5.91 Å². The number of fused-ring (bicyclic) bond motifs is 1. The Balaban J connectivity index is 1.57. The van der Waals surface area contributed by atoms with E-state index in [0.717, 1.165) is 23.5 Å². The molecule has 0 radical (unpaired) electrons. The zero-order valence-corrected chi connectivity index (χ0v) is 15.9. The second kappa shape index (κ2) is 8.66. The Hall–Kier alpha value is -2.89. The van der Waals surface area contributed by atoms with Crippen molar-refractivity contribution in [1.82, 2.24) is 5.32 Å². The van der Waals surface area contributed by atoms with Crippen LogP contribution in [0.25, 0.3) is 0 Å². The number of nitrogens with one attached hydrogen (secondary N) is 1. The van der Waals surface area contributed by atoms with Gasteiger partial charge in [-0.25, -0.2) is 0 Å². The van der Waals surface area contributed by atoms with Gasteiger partial charge in [-0.3, -0.25) is 4.79 Å². The first-order valence-corrected chi connectivity index (χ1v) is 9.01. The summed E-state index contributed by atoms with van der Waals surface area (Å²) in [5.41, 5.74) is 1.68. The highest BCUT2D eigenvalue weighted by atomic mass is 16.6. The average Bonchev–Trinajstić information content (AvgIpc) is 2.72. The molecule has 0 aliphatic carbocycles. The summed E-state index contributed by atoms with van der Waals surface area (Å²) in [6.45, 7) is 3.86. The number of carbonyl (C=O) groups is 1. The van der Waals surface area contributed by atoms with Crippen LogP contribution < -0.4 is 24.3 Å². The Kier molecular flexibility index (Phi) is 6.06. The number of hydrogen-bond acceptors (Lipinski definition) is 5. The van der Waals surface area contributed by atoms with Crippen molar-refractivity contribution < 1.29 is 23.7 Å². The molecule has 1 aliphatic heterocycles. The third kappa shape index (κ3) is 4.64. The number of amides is 1. The summed E-state index contributed by atoms with van der Waals surface area (Å²) in [4.78, 5) is 12.4. The SMILES string of the molecule is COc1cc(OC)cc(C(=O)NCCC(C)c2ccc3c(c2)OCCO3)c1. The Morgan fingerprint density at radius 2 is 1.70 bits per heavy atom. The van der Waals surface area contributed by atoms with Crippen LogP contribution in [0.2, 0.25) is 0 Å². The van der Waals surface area contributed by atoms with Crippen molar-refractivity contribution in [2.24, 2.45) is 0 Å². The topological polar surface area (TPSA) is 66.0 Å². The van der Waals surface area contributed by atoms with Crippen molar-refractivity contribution in [3.63, 3.8) is 0 Å². The van der Waals surface area contributed by atoms with Crippen LogP contribution in [-0.2, 0) is 0 Å². The lowest BCUT2D eigenvalue weighted by Gasteiger charge is -2.20. The second-order valence-corrected chi connectivity index (χ2v) is 6.45. The number of rotatable bonds is 7. The number of carbonyl (C=O) groups excluding carboxylic acids is 1. The van der Waals surface area contributed by atoms with Crippen LogP contribution in [0, 0.1) is 0 Å². The quantitative estimate of drug-likeness (QED) is 0.808. The lowest BCUT2D eigenvalue weighted by atomic mass is 9.97. The molecule has 27 heavy (non-hydrogen) atoms. The molecule has 3 rings (SSSR count). The molecule has 0 saturated heterocycles. The van der Waals surface area contributed by atoms with E-state index in [-0.39, 0.29) is 11.8 Å². The van der Waals surface area contributed by atoms with Gasteiger partial charge < -0.3 is 24.3 Å². The first-order chi connectivity index (χ1) is 13.1. The predicted molar refractivity (Wildman–Crippen MR) is 102 cm³/mol. The minimum atomic E-state index is -0.151. The van der Waals surface area contributed by atoms with Gasteiger partial charge in [-0.05, 0) is 42.2 Å². The maximum Gasteiger partial charge on any atom is 0.251 e. The van der Waals surface area contributed by atoms with Crippen LogP contribution in [-0.4, -0.2) is 39.9 Å². The number of hydrogen-bond donors (Lipinski definition) is 1. The molecule has 1 N–H and O–H groups in total. The van der Waals surface area contributed by atoms with E-state index in [1.54, 1.807) is 32.4 Å². The number of benzene rings is 2. The van der Waals surface area contributed by atoms with E-state index < -0.39 is 0 Å². The van der Waals surface area contributed by atoms with Gasteiger partial charge in [0.2, 0.25) is 0 Å². The molecule has 6 nitrogen and oxygen atoms in total. The lowest BCUT2D eigenvalue weighted by molar-refractivity contribution is 0.0952. The summed E-state index contributed by atoms with van der Waals surface area (Å²) in [5, 5.41) is 2.96. The zero-order chi connectivity index (χ0) is 19.2. The van der Waals surface area contributed by atoms with Gasteiger partial charge in [0.25, 0.3) is 5.91 Å². The standard InChI is InChI=1S/C21H25NO5/c1-14(15-4-5-19-20(12-15)27-9-8-26-19)6-7-22-21(23)16-10-17(24-2)13-18(11-16)25-3/h4-5,10-14H,6-9H2,1-3H3,(H,22,23). The second-order valence-electron chi connectivity index (χ2n) is 6.45. The van der Waals surface area contributed by atoms with Crippen LogP contribution in [0.5, 0.6) is 23.0 Å². The molecule has 1 amide bonds. The fourth-order valence-corrected chi connectivity index (χ4v) is 2.98. The van der Waals surface area contributed by atoms with Crippen LogP contribution in [0.1, 0.15) is 35.2 Å². The van der Waals surface area contributed by atoms with Gasteiger partial charge in [0.15, 0.2) is 11.5 Å². The van der Waals surface area contributed by atoms with E-state index in [1.807, 2.05) is 18.2 Å². The van der Waals surface area contributed by atoms with Crippen LogP contribution >= 0.6 is 0 Å². The molecule has 144 valence electrons. The van der Waals surface area contributed by atoms with E-state index in [1.165, 1.54) is 0 Å². The smallest absolute Gasteiger partial charge is 0.251 e. The van der Waals surface area contributed by atoms with Gasteiger partial charge in [0.1, 0.15) is 24.7 Å². The number of methoxy groups -OCH3 is 2. The molecule has 0 aromatic heterocycles. The van der Waals surface area contributed by atoms with E-state index >= 15 is 0 Å². The van der Waals surface area contributed by atoms with E-state index in [4.69, 9.17) is 18.9 Å². The molecular formula is C21H25NO5. The summed E-state index contributed by atoms with van der Waals surface area (Å²) in [5.74, 6) is 2.88. The highest BCUT2D eigenvalue weighted by molar-refractivity contribution is 5.95.